The van der Waals surface area contributed by atoms with Crippen LogP contribution in [0.25, 0.3) is 0 Å². The lowest BCUT2D eigenvalue weighted by Crippen LogP contribution is -2.25. The summed E-state index contributed by atoms with van der Waals surface area (Å²) in [6, 6.07) is 4.22. The van der Waals surface area contributed by atoms with Crippen LogP contribution in [0.2, 0.25) is 0 Å². The zero-order valence-corrected chi connectivity index (χ0v) is 11.6. The molecule has 0 aromatic carbocycles. The van der Waals surface area contributed by atoms with E-state index in [-0.39, 0.29) is 11.6 Å². The minimum Gasteiger partial charge on any atom is -0.358 e. The van der Waals surface area contributed by atoms with Crippen molar-refractivity contribution in [3.63, 3.8) is 0 Å². The van der Waals surface area contributed by atoms with Gasteiger partial charge in [0.05, 0.1) is 6.04 Å². The fourth-order valence-electron chi connectivity index (χ4n) is 1.78. The highest BCUT2D eigenvalue weighted by atomic mass is 32.1. The maximum atomic E-state index is 11.9. The lowest BCUT2D eigenvalue weighted by molar-refractivity contribution is 0.550. The highest BCUT2D eigenvalue weighted by Gasteiger charge is 2.18. The molecule has 2 aromatic rings. The van der Waals surface area contributed by atoms with Crippen LogP contribution >= 0.6 is 11.3 Å². The van der Waals surface area contributed by atoms with E-state index < -0.39 is 0 Å². The Labute approximate surface area is 110 Å². The Kier molecular flexibility index (Phi) is 3.81. The standard InChI is InChI=1S/C13H17N3OS/c1-9(2)11(10-5-4-8-18-10)15-12-13(17)16(3)7-6-14-12/h4-9,11H,1-3H3,(H,14,15). The van der Waals surface area contributed by atoms with Crippen molar-refractivity contribution in [1.29, 1.82) is 0 Å². The highest BCUT2D eigenvalue weighted by Crippen LogP contribution is 2.28. The summed E-state index contributed by atoms with van der Waals surface area (Å²) < 4.78 is 1.53. The molecule has 2 aromatic heterocycles. The van der Waals surface area contributed by atoms with Gasteiger partial charge >= 0.3 is 0 Å². The minimum atomic E-state index is -0.0975. The van der Waals surface area contributed by atoms with Crippen molar-refractivity contribution < 1.29 is 0 Å². The maximum Gasteiger partial charge on any atom is 0.293 e. The van der Waals surface area contributed by atoms with Crippen LogP contribution in [0.5, 0.6) is 0 Å². The summed E-state index contributed by atoms with van der Waals surface area (Å²) in [6.07, 6.45) is 3.29. The number of thiophene rings is 1. The Morgan fingerprint density at radius 1 is 1.44 bits per heavy atom. The van der Waals surface area contributed by atoms with Crippen LogP contribution in [-0.2, 0) is 7.05 Å². The fourth-order valence-corrected chi connectivity index (χ4v) is 2.73. The second kappa shape index (κ2) is 5.35. The fraction of sp³-hybridized carbons (Fsp3) is 0.385. The Hall–Kier alpha value is -1.62. The van der Waals surface area contributed by atoms with Crippen LogP contribution in [0.4, 0.5) is 5.82 Å². The van der Waals surface area contributed by atoms with E-state index in [1.54, 1.807) is 30.8 Å². The van der Waals surface area contributed by atoms with Crippen molar-refractivity contribution in [3.05, 3.63) is 45.1 Å². The Bertz CT molecular complexity index is 560. The third-order valence-electron chi connectivity index (χ3n) is 2.83. The molecular formula is C13H17N3OS. The van der Waals surface area contributed by atoms with Crippen LogP contribution in [0.15, 0.2) is 34.7 Å². The van der Waals surface area contributed by atoms with Crippen molar-refractivity contribution in [2.45, 2.75) is 19.9 Å². The van der Waals surface area contributed by atoms with Gasteiger partial charge in [-0.3, -0.25) is 4.79 Å². The zero-order chi connectivity index (χ0) is 13.1. The molecule has 2 heterocycles. The number of hydrogen-bond acceptors (Lipinski definition) is 4. The number of rotatable bonds is 4. The zero-order valence-electron chi connectivity index (χ0n) is 10.8. The van der Waals surface area contributed by atoms with Crippen LogP contribution in [-0.4, -0.2) is 9.55 Å². The Morgan fingerprint density at radius 3 is 2.83 bits per heavy atom. The van der Waals surface area contributed by atoms with E-state index in [9.17, 15) is 4.79 Å². The maximum absolute atomic E-state index is 11.9. The predicted molar refractivity (Wildman–Crippen MR) is 75.0 cm³/mol. The van der Waals surface area contributed by atoms with Crippen molar-refractivity contribution in [2.75, 3.05) is 5.32 Å². The lowest BCUT2D eigenvalue weighted by Gasteiger charge is -2.21. The summed E-state index contributed by atoms with van der Waals surface area (Å²) in [6.45, 7) is 4.26. The predicted octanol–water partition coefficient (Wildman–Crippen LogP) is 2.65. The molecule has 0 bridgehead atoms. The average molecular weight is 263 g/mol. The van der Waals surface area contributed by atoms with E-state index >= 15 is 0 Å². The number of nitrogens with zero attached hydrogens (tertiary/aromatic N) is 2. The molecule has 1 N–H and O–H groups in total. The number of aryl methyl sites for hydroxylation is 1. The van der Waals surface area contributed by atoms with Crippen LogP contribution in [0.1, 0.15) is 24.8 Å². The molecule has 96 valence electrons. The molecule has 1 unspecified atom stereocenters. The summed E-state index contributed by atoms with van der Waals surface area (Å²) in [7, 11) is 1.73. The van der Waals surface area contributed by atoms with Gasteiger partial charge in [-0.1, -0.05) is 19.9 Å². The molecule has 18 heavy (non-hydrogen) atoms. The molecule has 0 radical (unpaired) electrons. The number of aromatic nitrogens is 2. The molecule has 0 aliphatic rings. The summed E-state index contributed by atoms with van der Waals surface area (Å²) >= 11 is 1.69. The van der Waals surface area contributed by atoms with Gasteiger partial charge in [0.25, 0.3) is 5.56 Å². The smallest absolute Gasteiger partial charge is 0.293 e. The second-order valence-electron chi connectivity index (χ2n) is 4.57. The SMILES string of the molecule is CC(C)C(Nc1nccn(C)c1=O)c1cccs1. The van der Waals surface area contributed by atoms with Crippen LogP contribution in [0.3, 0.4) is 0 Å². The number of hydrogen-bond donors (Lipinski definition) is 1. The molecule has 2 rings (SSSR count). The van der Waals surface area contributed by atoms with Crippen molar-refractivity contribution in [3.8, 4) is 0 Å². The van der Waals surface area contributed by atoms with E-state index in [0.29, 0.717) is 11.7 Å². The van der Waals surface area contributed by atoms with Crippen molar-refractivity contribution in [2.24, 2.45) is 13.0 Å². The summed E-state index contributed by atoms with van der Waals surface area (Å²) in [4.78, 5) is 17.3. The quantitative estimate of drug-likeness (QED) is 0.922. The van der Waals surface area contributed by atoms with Gasteiger partial charge in [-0.25, -0.2) is 4.98 Å². The Morgan fingerprint density at radius 2 is 2.22 bits per heavy atom. The molecular weight excluding hydrogens is 246 g/mol. The van der Waals surface area contributed by atoms with E-state index in [1.807, 2.05) is 11.4 Å². The molecule has 1 atom stereocenters. The topological polar surface area (TPSA) is 46.9 Å². The van der Waals surface area contributed by atoms with Crippen molar-refractivity contribution in [1.82, 2.24) is 9.55 Å². The normalized spacial score (nSPS) is 12.7. The van der Waals surface area contributed by atoms with Gasteiger partial charge in [0.15, 0.2) is 5.82 Å². The molecule has 0 saturated carbocycles. The molecule has 0 saturated heterocycles. The first-order chi connectivity index (χ1) is 8.59. The lowest BCUT2D eigenvalue weighted by atomic mass is 10.0. The molecule has 0 spiro atoms. The molecule has 0 amide bonds. The molecule has 0 fully saturated rings. The van der Waals surface area contributed by atoms with E-state index in [2.05, 4.69) is 30.2 Å². The van der Waals surface area contributed by atoms with Gasteiger partial charge in [0, 0.05) is 24.3 Å². The minimum absolute atomic E-state index is 0.0975. The van der Waals surface area contributed by atoms with E-state index in [4.69, 9.17) is 0 Å². The average Bonchev–Trinajstić information content (AvgIpc) is 2.84. The van der Waals surface area contributed by atoms with Gasteiger partial charge in [0.2, 0.25) is 0 Å². The molecule has 4 nitrogen and oxygen atoms in total. The Balaban J connectivity index is 2.30. The number of nitrogens with one attached hydrogen (secondary N) is 1. The third kappa shape index (κ3) is 2.61. The molecule has 0 aliphatic heterocycles. The first kappa shape index (κ1) is 12.8. The van der Waals surface area contributed by atoms with Crippen LogP contribution < -0.4 is 10.9 Å². The van der Waals surface area contributed by atoms with Crippen LogP contribution in [0, 0.1) is 5.92 Å². The highest BCUT2D eigenvalue weighted by molar-refractivity contribution is 7.10. The number of anilines is 1. The van der Waals surface area contributed by atoms with Crippen molar-refractivity contribution >= 4 is 17.2 Å². The van der Waals surface area contributed by atoms with Gasteiger partial charge in [-0.2, -0.15) is 0 Å². The van der Waals surface area contributed by atoms with Gasteiger partial charge in [-0.05, 0) is 17.4 Å². The second-order valence-corrected chi connectivity index (χ2v) is 5.55. The first-order valence-corrected chi connectivity index (χ1v) is 6.79. The third-order valence-corrected chi connectivity index (χ3v) is 3.78. The van der Waals surface area contributed by atoms with E-state index in [0.717, 1.165) is 0 Å². The summed E-state index contributed by atoms with van der Waals surface area (Å²) in [5.41, 5.74) is -0.0975. The largest absolute Gasteiger partial charge is 0.358 e. The summed E-state index contributed by atoms with van der Waals surface area (Å²) in [5, 5.41) is 5.30. The monoisotopic (exact) mass is 263 g/mol. The van der Waals surface area contributed by atoms with Gasteiger partial charge < -0.3 is 9.88 Å². The molecule has 0 aliphatic carbocycles. The van der Waals surface area contributed by atoms with Gasteiger partial charge in [0.1, 0.15) is 0 Å². The first-order valence-electron chi connectivity index (χ1n) is 5.91. The molecule has 5 heteroatoms. The van der Waals surface area contributed by atoms with E-state index in [1.165, 1.54) is 9.44 Å². The summed E-state index contributed by atoms with van der Waals surface area (Å²) in [5.74, 6) is 0.794. The van der Waals surface area contributed by atoms with Gasteiger partial charge in [-0.15, -0.1) is 11.3 Å².